The minimum absolute atomic E-state index is 0.0377. The number of phenolic OH excluding ortho intramolecular Hbond substituents is 1. The number of halogens is 2. The van der Waals surface area contributed by atoms with Crippen molar-refractivity contribution in [3.8, 4) is 5.75 Å². The average Bonchev–Trinajstić information content (AvgIpc) is 2.51. The number of carbonyl (C=O) groups excluding carboxylic acids is 1. The van der Waals surface area contributed by atoms with Crippen molar-refractivity contribution in [2.75, 3.05) is 0 Å². The number of benzene rings is 1. The highest BCUT2D eigenvalue weighted by atomic mass is 79.9. The van der Waals surface area contributed by atoms with E-state index in [9.17, 15) is 20.0 Å². The van der Waals surface area contributed by atoms with Crippen molar-refractivity contribution < 1.29 is 14.8 Å². The van der Waals surface area contributed by atoms with Crippen LogP contribution in [0, 0.1) is 10.1 Å². The zero-order valence-electron chi connectivity index (χ0n) is 11.2. The zero-order valence-corrected chi connectivity index (χ0v) is 13.6. The first kappa shape index (κ1) is 16.8. The predicted octanol–water partition coefficient (Wildman–Crippen LogP) is 2.88. The van der Waals surface area contributed by atoms with Gasteiger partial charge in [0.15, 0.2) is 0 Å². The average molecular weight is 400 g/mol. The molecule has 118 valence electrons. The lowest BCUT2D eigenvalue weighted by Crippen LogP contribution is -2.18. The molecular weight excluding hydrogens is 392 g/mol. The molecule has 2 rings (SSSR count). The maximum absolute atomic E-state index is 11.8. The predicted molar refractivity (Wildman–Crippen MR) is 86.8 cm³/mol. The fourth-order valence-corrected chi connectivity index (χ4v) is 2.36. The molecule has 10 heteroatoms. The topological polar surface area (TPSA) is 118 Å². The van der Waals surface area contributed by atoms with Crippen molar-refractivity contribution in [3.05, 3.63) is 61.3 Å². The standard InChI is InChI=1S/C13H8BrClN4O4/c14-8-3-7(12(20)10(15)4-8)5-17-18-13(21)11-2-1-9(6-16-11)19(22)23/h1-6,20H,(H,18,21). The van der Waals surface area contributed by atoms with Crippen LogP contribution in [0.15, 0.2) is 40.0 Å². The van der Waals surface area contributed by atoms with Gasteiger partial charge in [0.05, 0.1) is 16.2 Å². The summed E-state index contributed by atoms with van der Waals surface area (Å²) in [6.45, 7) is 0. The molecule has 1 aromatic heterocycles. The molecule has 1 aromatic carbocycles. The van der Waals surface area contributed by atoms with Gasteiger partial charge in [-0.25, -0.2) is 10.4 Å². The smallest absolute Gasteiger partial charge is 0.289 e. The van der Waals surface area contributed by atoms with E-state index in [1.165, 1.54) is 18.3 Å². The normalized spacial score (nSPS) is 10.7. The van der Waals surface area contributed by atoms with Crippen LogP contribution in [0.3, 0.4) is 0 Å². The number of nitrogens with zero attached hydrogens (tertiary/aromatic N) is 3. The molecular formula is C13H8BrClN4O4. The molecule has 8 nitrogen and oxygen atoms in total. The quantitative estimate of drug-likeness (QED) is 0.465. The highest BCUT2D eigenvalue weighted by Crippen LogP contribution is 2.30. The summed E-state index contributed by atoms with van der Waals surface area (Å²) >= 11 is 9.02. The van der Waals surface area contributed by atoms with Crippen LogP contribution in [0.2, 0.25) is 5.02 Å². The van der Waals surface area contributed by atoms with Gasteiger partial charge in [-0.05, 0) is 18.2 Å². The van der Waals surface area contributed by atoms with Gasteiger partial charge >= 0.3 is 0 Å². The van der Waals surface area contributed by atoms with Gasteiger partial charge in [0.1, 0.15) is 17.6 Å². The number of hydrazone groups is 1. The van der Waals surface area contributed by atoms with E-state index in [0.29, 0.717) is 10.0 Å². The van der Waals surface area contributed by atoms with E-state index in [-0.39, 0.29) is 22.2 Å². The van der Waals surface area contributed by atoms with Crippen molar-refractivity contribution in [3.63, 3.8) is 0 Å². The highest BCUT2D eigenvalue weighted by Gasteiger charge is 2.10. The molecule has 0 aliphatic carbocycles. The minimum atomic E-state index is -0.656. The van der Waals surface area contributed by atoms with Gasteiger partial charge in [-0.1, -0.05) is 27.5 Å². The van der Waals surface area contributed by atoms with E-state index < -0.39 is 10.8 Å². The number of nitrogens with one attached hydrogen (secondary N) is 1. The summed E-state index contributed by atoms with van der Waals surface area (Å²) in [5, 5.41) is 24.1. The molecule has 0 aliphatic heterocycles. The molecule has 0 radical (unpaired) electrons. The van der Waals surface area contributed by atoms with E-state index in [1.54, 1.807) is 6.07 Å². The van der Waals surface area contributed by atoms with Crippen molar-refractivity contribution in [2.24, 2.45) is 5.10 Å². The number of phenols is 1. The molecule has 0 bridgehead atoms. The number of aromatic hydroxyl groups is 1. The molecule has 0 aliphatic rings. The first-order valence-corrected chi connectivity index (χ1v) is 7.17. The van der Waals surface area contributed by atoms with Crippen LogP contribution in [-0.2, 0) is 0 Å². The van der Waals surface area contributed by atoms with Crippen LogP contribution < -0.4 is 5.43 Å². The summed E-state index contributed by atoms with van der Waals surface area (Å²) in [5.41, 5.74) is 2.22. The van der Waals surface area contributed by atoms with Gasteiger partial charge < -0.3 is 5.11 Å². The first-order chi connectivity index (χ1) is 10.9. The third-order valence-electron chi connectivity index (χ3n) is 2.62. The molecule has 0 saturated carbocycles. The largest absolute Gasteiger partial charge is 0.506 e. The summed E-state index contributed by atoms with van der Waals surface area (Å²) in [4.78, 5) is 25.3. The van der Waals surface area contributed by atoms with Gasteiger partial charge in [-0.2, -0.15) is 5.10 Å². The SMILES string of the molecule is O=C(NN=Cc1cc(Br)cc(Cl)c1O)c1ccc([N+](=O)[O-])cn1. The van der Waals surface area contributed by atoms with Gasteiger partial charge in [-0.3, -0.25) is 14.9 Å². The second kappa shape index (κ2) is 7.16. The summed E-state index contributed by atoms with van der Waals surface area (Å²) in [7, 11) is 0. The molecule has 1 amide bonds. The number of aromatic nitrogens is 1. The number of pyridine rings is 1. The first-order valence-electron chi connectivity index (χ1n) is 6.00. The Morgan fingerprint density at radius 3 is 2.83 bits per heavy atom. The van der Waals surface area contributed by atoms with Crippen molar-refractivity contribution in [2.45, 2.75) is 0 Å². The molecule has 2 N–H and O–H groups in total. The summed E-state index contributed by atoms with van der Waals surface area (Å²) in [6.07, 6.45) is 2.17. The lowest BCUT2D eigenvalue weighted by molar-refractivity contribution is -0.385. The van der Waals surface area contributed by atoms with Crippen molar-refractivity contribution in [1.82, 2.24) is 10.4 Å². The van der Waals surface area contributed by atoms with E-state index in [1.807, 2.05) is 0 Å². The van der Waals surface area contributed by atoms with E-state index in [4.69, 9.17) is 11.6 Å². The van der Waals surface area contributed by atoms with Gasteiger partial charge in [0.25, 0.3) is 11.6 Å². The molecule has 0 fully saturated rings. The Morgan fingerprint density at radius 1 is 1.48 bits per heavy atom. The lowest BCUT2D eigenvalue weighted by atomic mass is 10.2. The molecule has 1 heterocycles. The number of rotatable bonds is 4. The Hall–Kier alpha value is -2.52. The van der Waals surface area contributed by atoms with Gasteiger partial charge in [-0.15, -0.1) is 0 Å². The van der Waals surface area contributed by atoms with E-state index >= 15 is 0 Å². The van der Waals surface area contributed by atoms with Crippen LogP contribution >= 0.6 is 27.5 Å². The Bertz CT molecular complexity index is 795. The van der Waals surface area contributed by atoms with E-state index in [0.717, 1.165) is 12.3 Å². The summed E-state index contributed by atoms with van der Waals surface area (Å²) in [5.74, 6) is -0.835. The van der Waals surface area contributed by atoms with E-state index in [2.05, 4.69) is 31.4 Å². The number of hydrogen-bond donors (Lipinski definition) is 2. The number of nitro groups is 1. The monoisotopic (exact) mass is 398 g/mol. The van der Waals surface area contributed by atoms with Crippen LogP contribution in [0.5, 0.6) is 5.75 Å². The number of carbonyl (C=O) groups is 1. The van der Waals surface area contributed by atoms with Crippen LogP contribution in [-0.4, -0.2) is 27.1 Å². The zero-order chi connectivity index (χ0) is 17.0. The number of hydrogen-bond acceptors (Lipinski definition) is 6. The van der Waals surface area contributed by atoms with Gasteiger partial charge in [0, 0.05) is 16.1 Å². The number of amides is 1. The Morgan fingerprint density at radius 2 is 2.22 bits per heavy atom. The Labute approximate surface area is 143 Å². The molecule has 2 aromatic rings. The fourth-order valence-electron chi connectivity index (χ4n) is 1.53. The van der Waals surface area contributed by atoms with Crippen LogP contribution in [0.25, 0.3) is 0 Å². The summed E-state index contributed by atoms with van der Waals surface area (Å²) < 4.78 is 0.630. The molecule has 0 saturated heterocycles. The van der Waals surface area contributed by atoms with Gasteiger partial charge in [0.2, 0.25) is 0 Å². The third kappa shape index (κ3) is 4.24. The van der Waals surface area contributed by atoms with Crippen molar-refractivity contribution in [1.29, 1.82) is 0 Å². The fraction of sp³-hybridized carbons (Fsp3) is 0. The Kier molecular flexibility index (Phi) is 5.24. The second-order valence-corrected chi connectivity index (χ2v) is 5.51. The van der Waals surface area contributed by atoms with Crippen LogP contribution in [0.4, 0.5) is 5.69 Å². The second-order valence-electron chi connectivity index (χ2n) is 4.18. The third-order valence-corrected chi connectivity index (χ3v) is 3.36. The lowest BCUT2D eigenvalue weighted by Gasteiger charge is -2.03. The molecule has 0 atom stereocenters. The highest BCUT2D eigenvalue weighted by molar-refractivity contribution is 9.10. The molecule has 0 spiro atoms. The van der Waals surface area contributed by atoms with Crippen molar-refractivity contribution >= 4 is 45.3 Å². The summed E-state index contributed by atoms with van der Waals surface area (Å²) in [6, 6.07) is 5.43. The Balaban J connectivity index is 2.08. The van der Waals surface area contributed by atoms with Crippen LogP contribution in [0.1, 0.15) is 16.1 Å². The maximum Gasteiger partial charge on any atom is 0.289 e. The molecule has 23 heavy (non-hydrogen) atoms. The maximum atomic E-state index is 11.8. The minimum Gasteiger partial charge on any atom is -0.506 e. The molecule has 0 unspecified atom stereocenters.